The number of methoxy groups -OCH3 is 2. The number of aromatic nitrogens is 4. The molecule has 0 atom stereocenters. The molecule has 2 aromatic heterocycles. The summed E-state index contributed by atoms with van der Waals surface area (Å²) in [7, 11) is 2.91. The number of amides is 2. The predicted octanol–water partition coefficient (Wildman–Crippen LogP) is 5.17. The number of nitrogens with one attached hydrogen (secondary N) is 2. The number of fused-ring (bicyclic) bond motifs is 1. The molecule has 0 spiro atoms. The number of nitrogens with zero attached hydrogens (tertiary/aromatic N) is 5. The normalized spacial score (nSPS) is 11.1. The molecule has 2 N–H and O–H groups in total. The fraction of sp³-hybridized carbons (Fsp3) is 0.200. The molecule has 0 saturated heterocycles. The van der Waals surface area contributed by atoms with Gasteiger partial charge in [-0.25, -0.2) is 19.7 Å². The number of hydrogen-bond acceptors (Lipinski definition) is 10. The maximum Gasteiger partial charge on any atom is 0.413 e. The molecule has 0 aliphatic heterocycles. The molecule has 0 fully saturated rings. The van der Waals surface area contributed by atoms with E-state index in [9.17, 15) is 14.4 Å². The van der Waals surface area contributed by atoms with E-state index < -0.39 is 17.6 Å². The fourth-order valence-electron chi connectivity index (χ4n) is 6.10. The number of rotatable bonds is 15. The number of anilines is 1. The van der Waals surface area contributed by atoms with Crippen LogP contribution in [0.3, 0.4) is 0 Å². The van der Waals surface area contributed by atoms with Crippen molar-refractivity contribution < 1.29 is 28.6 Å². The van der Waals surface area contributed by atoms with Crippen LogP contribution in [0.2, 0.25) is 0 Å². The second-order valence-corrected chi connectivity index (χ2v) is 12.0. The minimum Gasteiger partial charge on any atom is -0.497 e. The summed E-state index contributed by atoms with van der Waals surface area (Å²) in [5.74, 6) is -0.0843. The molecule has 2 amide bonds. The predicted molar refractivity (Wildman–Crippen MR) is 198 cm³/mol. The van der Waals surface area contributed by atoms with Gasteiger partial charge in [-0.2, -0.15) is 0 Å². The van der Waals surface area contributed by atoms with Crippen LogP contribution in [0, 0.1) is 0 Å². The lowest BCUT2D eigenvalue weighted by atomic mass is 9.77. The van der Waals surface area contributed by atoms with Crippen molar-refractivity contribution in [3.05, 3.63) is 150 Å². The van der Waals surface area contributed by atoms with Crippen molar-refractivity contribution in [2.45, 2.75) is 18.7 Å². The van der Waals surface area contributed by atoms with Crippen molar-refractivity contribution in [3.8, 4) is 5.75 Å². The minimum absolute atomic E-state index is 0.0760. The molecule has 6 aromatic rings. The van der Waals surface area contributed by atoms with Gasteiger partial charge in [0.2, 0.25) is 5.91 Å². The molecular weight excluding hydrogens is 674 g/mol. The van der Waals surface area contributed by atoms with Gasteiger partial charge in [0.1, 0.15) is 31.8 Å². The Hall–Kier alpha value is -6.60. The summed E-state index contributed by atoms with van der Waals surface area (Å²) in [6.07, 6.45) is 1.99. The Morgan fingerprint density at radius 3 is 2.02 bits per heavy atom. The lowest BCUT2D eigenvalue weighted by molar-refractivity contribution is -0.147. The largest absolute Gasteiger partial charge is 0.497 e. The van der Waals surface area contributed by atoms with Gasteiger partial charge in [0.15, 0.2) is 17.0 Å². The van der Waals surface area contributed by atoms with Crippen LogP contribution in [-0.4, -0.2) is 76.2 Å². The number of benzene rings is 4. The molecule has 4 aromatic carbocycles. The summed E-state index contributed by atoms with van der Waals surface area (Å²) in [4.78, 5) is 53.3. The monoisotopic (exact) mass is 713 g/mol. The Morgan fingerprint density at radius 2 is 1.40 bits per heavy atom. The topological polar surface area (TPSA) is 150 Å². The van der Waals surface area contributed by atoms with Crippen LogP contribution < -0.4 is 15.4 Å². The van der Waals surface area contributed by atoms with Crippen molar-refractivity contribution in [2.24, 2.45) is 0 Å². The van der Waals surface area contributed by atoms with Crippen LogP contribution in [0.4, 0.5) is 10.6 Å². The Morgan fingerprint density at radius 1 is 0.774 bits per heavy atom. The van der Waals surface area contributed by atoms with Gasteiger partial charge in [-0.1, -0.05) is 103 Å². The Kier molecular flexibility index (Phi) is 11.7. The zero-order chi connectivity index (χ0) is 37.0. The highest BCUT2D eigenvalue weighted by Crippen LogP contribution is 2.37. The zero-order valence-corrected chi connectivity index (χ0v) is 29.3. The highest BCUT2D eigenvalue weighted by atomic mass is 16.5. The van der Waals surface area contributed by atoms with Gasteiger partial charge in [-0.15, -0.1) is 0 Å². The molecule has 270 valence electrons. The maximum atomic E-state index is 13.9. The van der Waals surface area contributed by atoms with Crippen molar-refractivity contribution in [2.75, 3.05) is 39.2 Å². The first-order chi connectivity index (χ1) is 25.9. The summed E-state index contributed by atoms with van der Waals surface area (Å²) in [6, 6.07) is 37.2. The van der Waals surface area contributed by atoms with Crippen molar-refractivity contribution in [3.63, 3.8) is 0 Å². The van der Waals surface area contributed by atoms with Crippen LogP contribution in [0.1, 0.15) is 22.3 Å². The number of carbonyl (C=O) groups excluding carboxylic acids is 3. The molecule has 53 heavy (non-hydrogen) atoms. The average Bonchev–Trinajstić information content (AvgIpc) is 3.62. The van der Waals surface area contributed by atoms with Gasteiger partial charge < -0.3 is 23.7 Å². The van der Waals surface area contributed by atoms with Crippen molar-refractivity contribution in [1.82, 2.24) is 29.7 Å². The third-order valence-electron chi connectivity index (χ3n) is 8.75. The van der Waals surface area contributed by atoms with E-state index in [0.29, 0.717) is 12.2 Å². The molecule has 0 aliphatic carbocycles. The Bertz CT molecular complexity index is 2090. The molecule has 0 unspecified atom stereocenters. The number of carbonyl (C=O) groups is 3. The Labute approximate surface area is 306 Å². The second-order valence-electron chi connectivity index (χ2n) is 12.0. The van der Waals surface area contributed by atoms with E-state index in [4.69, 9.17) is 14.2 Å². The second kappa shape index (κ2) is 17.1. The molecule has 13 heteroatoms. The number of hydrogen-bond donors (Lipinski definition) is 2. The minimum atomic E-state index is -0.822. The number of esters is 1. The highest BCUT2D eigenvalue weighted by molar-refractivity contribution is 5.93. The van der Waals surface area contributed by atoms with Gasteiger partial charge in [-0.05, 0) is 34.4 Å². The van der Waals surface area contributed by atoms with Gasteiger partial charge in [0.05, 0.1) is 26.1 Å². The fourth-order valence-corrected chi connectivity index (χ4v) is 6.10. The first-order valence-corrected chi connectivity index (χ1v) is 16.9. The summed E-state index contributed by atoms with van der Waals surface area (Å²) in [6.45, 7) is 0.0681. The Balaban J connectivity index is 1.22. The summed E-state index contributed by atoms with van der Waals surface area (Å²) in [5.41, 5.74) is 3.52. The van der Waals surface area contributed by atoms with E-state index in [1.807, 2.05) is 91.0 Å². The molecule has 13 nitrogen and oxygen atoms in total. The first-order valence-electron chi connectivity index (χ1n) is 16.9. The van der Waals surface area contributed by atoms with E-state index >= 15 is 0 Å². The number of ether oxygens (including phenoxy) is 3. The summed E-state index contributed by atoms with van der Waals surface area (Å²) in [5, 5.41) is 6.36. The van der Waals surface area contributed by atoms with Crippen LogP contribution in [0.5, 0.6) is 5.75 Å². The van der Waals surface area contributed by atoms with Gasteiger partial charge in [-0.3, -0.25) is 20.2 Å². The average molecular weight is 714 g/mol. The number of imidazole rings is 1. The van der Waals surface area contributed by atoms with E-state index in [0.717, 1.165) is 28.0 Å². The van der Waals surface area contributed by atoms with E-state index in [2.05, 4.69) is 49.9 Å². The molecule has 0 radical (unpaired) electrons. The van der Waals surface area contributed by atoms with Crippen LogP contribution in [0.25, 0.3) is 11.2 Å². The molecule has 0 aliphatic rings. The third kappa shape index (κ3) is 8.48. The molecule has 2 heterocycles. The molecular formula is C40H39N7O6. The van der Waals surface area contributed by atoms with Crippen molar-refractivity contribution in [1.29, 1.82) is 0 Å². The lowest BCUT2D eigenvalue weighted by Crippen LogP contribution is -2.49. The van der Waals surface area contributed by atoms with E-state index in [1.165, 1.54) is 29.2 Å². The van der Waals surface area contributed by atoms with Crippen LogP contribution in [0.15, 0.2) is 128 Å². The maximum absolute atomic E-state index is 13.9. The van der Waals surface area contributed by atoms with Crippen LogP contribution in [-0.2, 0) is 37.8 Å². The smallest absolute Gasteiger partial charge is 0.413 e. The van der Waals surface area contributed by atoms with Gasteiger partial charge >= 0.3 is 12.1 Å². The van der Waals surface area contributed by atoms with Gasteiger partial charge in [0, 0.05) is 13.1 Å². The SMILES string of the molecule is COC(=O)CN(CCNC(c1ccccc1)(c1ccccc1)c1ccc(OC)cc1)C(=O)Cn1cnc2c(NC(=O)OCc3ccccc3)ncnc21. The quantitative estimate of drug-likeness (QED) is 0.108. The highest BCUT2D eigenvalue weighted by Gasteiger charge is 2.36. The van der Waals surface area contributed by atoms with Crippen molar-refractivity contribution >= 4 is 35.0 Å². The first kappa shape index (κ1) is 36.2. The van der Waals surface area contributed by atoms with E-state index in [1.54, 1.807) is 7.11 Å². The third-order valence-corrected chi connectivity index (χ3v) is 8.75. The van der Waals surface area contributed by atoms with Crippen LogP contribution >= 0.6 is 0 Å². The molecule has 0 bridgehead atoms. The lowest BCUT2D eigenvalue weighted by Gasteiger charge is -2.38. The summed E-state index contributed by atoms with van der Waals surface area (Å²) < 4.78 is 17.3. The zero-order valence-electron chi connectivity index (χ0n) is 29.3. The summed E-state index contributed by atoms with van der Waals surface area (Å²) >= 11 is 0. The standard InChI is InChI=1S/C40H39N7O6/c1-51-33-20-18-32(19-21-33)40(30-14-8-4-9-15-30,31-16-10-5-11-17-31)44-22-23-46(25-35(49)52-2)34(48)24-47-28-43-36-37(41-27-42-38(36)47)45-39(50)53-26-29-12-6-3-7-13-29/h3-21,27-28,44H,22-26H2,1-2H3,(H,41,42,45,50). The van der Waals surface area contributed by atoms with Gasteiger partial charge in [0.25, 0.3) is 0 Å². The molecule has 6 rings (SSSR count). The molecule has 0 saturated carbocycles. The van der Waals surface area contributed by atoms with E-state index in [-0.39, 0.29) is 43.5 Å².